The van der Waals surface area contributed by atoms with Gasteiger partial charge in [-0.15, -0.1) is 0 Å². The number of ether oxygens (including phenoxy) is 3. The Labute approximate surface area is 230 Å². The highest BCUT2D eigenvalue weighted by molar-refractivity contribution is 6.30. The predicted molar refractivity (Wildman–Crippen MR) is 146 cm³/mol. The number of imidazole rings is 1. The number of rotatable bonds is 5. The molecule has 9 heteroatoms. The number of carbonyl (C=O) groups excluding carboxylic acids is 1. The molecule has 0 radical (unpaired) electrons. The fourth-order valence-electron chi connectivity index (χ4n) is 5.27. The maximum atomic E-state index is 14.7. The quantitative estimate of drug-likeness (QED) is 0.282. The van der Waals surface area contributed by atoms with Crippen LogP contribution >= 0.6 is 11.6 Å². The molecular weight excluding hydrogens is 521 g/mol. The number of halogens is 2. The van der Waals surface area contributed by atoms with E-state index in [1.54, 1.807) is 25.1 Å². The highest BCUT2D eigenvalue weighted by atomic mass is 35.5. The Morgan fingerprint density at radius 3 is 2.77 bits per heavy atom. The van der Waals surface area contributed by atoms with Crippen LogP contribution in [0.15, 0.2) is 60.7 Å². The number of aromatic nitrogens is 2. The molecule has 0 amide bonds. The zero-order chi connectivity index (χ0) is 27.3. The van der Waals surface area contributed by atoms with Crippen LogP contribution in [0.2, 0.25) is 5.02 Å². The fraction of sp³-hybridized carbons (Fsp3) is 0.267. The van der Waals surface area contributed by atoms with Gasteiger partial charge in [-0.1, -0.05) is 29.8 Å². The van der Waals surface area contributed by atoms with Gasteiger partial charge in [0.2, 0.25) is 0 Å². The molecule has 2 aliphatic heterocycles. The molecule has 4 aromatic rings. The molecule has 6 rings (SSSR count). The Balaban J connectivity index is 1.20. The third-order valence-electron chi connectivity index (χ3n) is 7.40. The van der Waals surface area contributed by atoms with Crippen molar-refractivity contribution in [2.24, 2.45) is 7.05 Å². The van der Waals surface area contributed by atoms with Gasteiger partial charge in [0.05, 0.1) is 35.8 Å². The second-order valence-electron chi connectivity index (χ2n) is 9.90. The maximum absolute atomic E-state index is 14.7. The number of carbonyl (C=O) groups is 1. The number of para-hydroxylation sites is 1. The second-order valence-corrected chi connectivity index (χ2v) is 10.3. The minimum atomic E-state index is -1.29. The van der Waals surface area contributed by atoms with Gasteiger partial charge < -0.3 is 18.8 Å². The largest absolute Gasteiger partial charge is 0.465 e. The summed E-state index contributed by atoms with van der Waals surface area (Å²) in [5, 5.41) is 0.317. The van der Waals surface area contributed by atoms with E-state index in [2.05, 4.69) is 11.0 Å². The van der Waals surface area contributed by atoms with Crippen LogP contribution in [-0.4, -0.2) is 40.6 Å². The van der Waals surface area contributed by atoms with Crippen LogP contribution in [-0.2, 0) is 24.1 Å². The number of aryl methyl sites for hydroxylation is 1. The number of benzene rings is 3. The molecule has 1 aromatic heterocycles. The molecule has 0 spiro atoms. The molecule has 39 heavy (non-hydrogen) atoms. The van der Waals surface area contributed by atoms with Crippen LogP contribution in [0, 0.1) is 5.82 Å². The van der Waals surface area contributed by atoms with Crippen LogP contribution in [0.4, 0.5) is 4.39 Å². The van der Waals surface area contributed by atoms with Crippen LogP contribution in [0.3, 0.4) is 0 Å². The number of esters is 1. The van der Waals surface area contributed by atoms with Gasteiger partial charge in [-0.3, -0.25) is 4.90 Å². The van der Waals surface area contributed by atoms with Gasteiger partial charge in [-0.05, 0) is 54.5 Å². The second kappa shape index (κ2) is 9.70. The van der Waals surface area contributed by atoms with E-state index in [0.29, 0.717) is 34.2 Å². The van der Waals surface area contributed by atoms with Crippen molar-refractivity contribution in [1.29, 1.82) is 0 Å². The Morgan fingerprint density at radius 1 is 1.18 bits per heavy atom. The molecule has 0 aliphatic carbocycles. The predicted octanol–water partition coefficient (Wildman–Crippen LogP) is 6.09. The molecule has 3 aromatic carbocycles. The third-order valence-corrected chi connectivity index (χ3v) is 7.63. The van der Waals surface area contributed by atoms with Gasteiger partial charge >= 0.3 is 5.97 Å². The summed E-state index contributed by atoms with van der Waals surface area (Å²) in [7, 11) is 3.34. The zero-order valence-electron chi connectivity index (χ0n) is 21.8. The minimum Gasteiger partial charge on any atom is -0.465 e. The number of fused-ring (bicyclic) bond motifs is 2. The average Bonchev–Trinajstić information content (AvgIpc) is 3.44. The Bertz CT molecular complexity index is 1650. The van der Waals surface area contributed by atoms with E-state index >= 15 is 0 Å². The van der Waals surface area contributed by atoms with E-state index in [0.717, 1.165) is 47.5 Å². The summed E-state index contributed by atoms with van der Waals surface area (Å²) < 4.78 is 34.0. The van der Waals surface area contributed by atoms with Gasteiger partial charge in [0.15, 0.2) is 11.5 Å². The first-order valence-electron chi connectivity index (χ1n) is 12.7. The zero-order valence-corrected chi connectivity index (χ0v) is 22.6. The Morgan fingerprint density at radius 2 is 2.03 bits per heavy atom. The van der Waals surface area contributed by atoms with E-state index < -0.39 is 11.6 Å². The van der Waals surface area contributed by atoms with Crippen molar-refractivity contribution in [1.82, 2.24) is 14.5 Å². The van der Waals surface area contributed by atoms with E-state index in [4.69, 9.17) is 30.8 Å². The van der Waals surface area contributed by atoms with Crippen molar-refractivity contribution in [2.45, 2.75) is 25.7 Å². The summed E-state index contributed by atoms with van der Waals surface area (Å²) in [6, 6.07) is 15.7. The number of nitrogens with zero attached hydrogens (tertiary/aromatic N) is 3. The van der Waals surface area contributed by atoms with Crippen molar-refractivity contribution in [3.63, 3.8) is 0 Å². The van der Waals surface area contributed by atoms with Gasteiger partial charge in [0.25, 0.3) is 5.79 Å². The van der Waals surface area contributed by atoms with Crippen LogP contribution in [0.25, 0.3) is 16.6 Å². The fourth-order valence-corrected chi connectivity index (χ4v) is 5.43. The number of hydrogen-bond acceptors (Lipinski definition) is 6. The van der Waals surface area contributed by atoms with Crippen LogP contribution in [0.5, 0.6) is 11.5 Å². The van der Waals surface area contributed by atoms with Crippen molar-refractivity contribution >= 4 is 34.2 Å². The van der Waals surface area contributed by atoms with E-state index in [1.807, 2.05) is 41.9 Å². The van der Waals surface area contributed by atoms with Gasteiger partial charge in [0.1, 0.15) is 11.6 Å². The van der Waals surface area contributed by atoms with Crippen LogP contribution < -0.4 is 9.47 Å². The molecular formula is C30H27ClFN3O4. The summed E-state index contributed by atoms with van der Waals surface area (Å²) in [6.07, 6.45) is 3.00. The molecule has 2 aliphatic rings. The molecule has 0 fully saturated rings. The highest BCUT2D eigenvalue weighted by Gasteiger charge is 2.42. The molecule has 200 valence electrons. The average molecular weight is 548 g/mol. The molecule has 0 saturated heterocycles. The van der Waals surface area contributed by atoms with E-state index in [1.165, 1.54) is 13.2 Å². The normalized spacial score (nSPS) is 18.8. The molecule has 3 heterocycles. The van der Waals surface area contributed by atoms with Crippen molar-refractivity contribution < 1.29 is 23.4 Å². The Hall–Kier alpha value is -3.88. The van der Waals surface area contributed by atoms with Crippen molar-refractivity contribution in [3.05, 3.63) is 94.0 Å². The van der Waals surface area contributed by atoms with E-state index in [-0.39, 0.29) is 5.97 Å². The lowest BCUT2D eigenvalue weighted by Gasteiger charge is -2.27. The summed E-state index contributed by atoms with van der Waals surface area (Å²) in [6.45, 7) is 3.95. The molecule has 0 N–H and O–H groups in total. The Kier molecular flexibility index (Phi) is 6.32. The van der Waals surface area contributed by atoms with Crippen molar-refractivity contribution in [3.8, 4) is 11.5 Å². The summed E-state index contributed by atoms with van der Waals surface area (Å²) in [5.74, 6) is -0.0157. The summed E-state index contributed by atoms with van der Waals surface area (Å²) >= 11 is 5.94. The summed E-state index contributed by atoms with van der Waals surface area (Å²) in [5.41, 5.74) is 4.62. The first kappa shape index (κ1) is 25.4. The lowest BCUT2D eigenvalue weighted by molar-refractivity contribution is -0.0708. The van der Waals surface area contributed by atoms with Crippen LogP contribution in [0.1, 0.15) is 40.7 Å². The summed E-state index contributed by atoms with van der Waals surface area (Å²) in [4.78, 5) is 19.0. The lowest BCUT2D eigenvalue weighted by atomic mass is 9.98. The first-order valence-corrected chi connectivity index (χ1v) is 13.1. The monoisotopic (exact) mass is 547 g/mol. The molecule has 1 unspecified atom stereocenters. The number of methoxy groups -OCH3 is 1. The maximum Gasteiger partial charge on any atom is 0.337 e. The molecule has 7 nitrogen and oxygen atoms in total. The van der Waals surface area contributed by atoms with Gasteiger partial charge in [0, 0.05) is 37.6 Å². The topological polar surface area (TPSA) is 65.8 Å². The third kappa shape index (κ3) is 4.53. The lowest BCUT2D eigenvalue weighted by Crippen LogP contribution is -2.32. The molecule has 1 atom stereocenters. The SMILES string of the molecule is COC(=O)c1ccc2nc(CN3CC=C(c4cccc5c4OC(C)(c4ccc(Cl)cc4F)O5)CC3)n(C)c2c1. The van der Waals surface area contributed by atoms with Crippen molar-refractivity contribution in [2.75, 3.05) is 20.2 Å². The first-order chi connectivity index (χ1) is 18.8. The van der Waals surface area contributed by atoms with Gasteiger partial charge in [-0.25, -0.2) is 14.2 Å². The standard InChI is InChI=1S/C30H27ClFN3O4/c1-30(22-9-8-20(31)16-23(22)32)38-26-6-4-5-21(28(26)39-30)18-11-13-35(14-12-18)17-27-33-24-10-7-19(29(36)37-3)15-25(24)34(27)2/h4-11,15-16H,12-14,17H2,1-3H3. The smallest absolute Gasteiger partial charge is 0.337 e. The highest BCUT2D eigenvalue weighted by Crippen LogP contribution is 2.49. The molecule has 0 bridgehead atoms. The molecule has 0 saturated carbocycles. The minimum absolute atomic E-state index is 0.291. The van der Waals surface area contributed by atoms with E-state index in [9.17, 15) is 9.18 Å². The van der Waals surface area contributed by atoms with Gasteiger partial charge in [-0.2, -0.15) is 0 Å². The number of hydrogen-bond donors (Lipinski definition) is 0.